The van der Waals surface area contributed by atoms with Crippen molar-refractivity contribution < 1.29 is 17.9 Å². The molecular formula is C26H31N5O4S. The fourth-order valence-electron chi connectivity index (χ4n) is 4.04. The summed E-state index contributed by atoms with van der Waals surface area (Å²) in [6.07, 6.45) is 5.61. The first-order chi connectivity index (χ1) is 17.2. The number of benzene rings is 2. The molecule has 1 aromatic heterocycles. The fraction of sp³-hybridized carbons (Fsp3) is 0.346. The number of rotatable bonds is 8. The van der Waals surface area contributed by atoms with Crippen LogP contribution in [0, 0.1) is 0 Å². The van der Waals surface area contributed by atoms with Crippen molar-refractivity contribution in [3.05, 3.63) is 72.3 Å². The number of piperazine rings is 1. The van der Waals surface area contributed by atoms with Gasteiger partial charge in [-0.15, -0.1) is 0 Å². The van der Waals surface area contributed by atoms with Crippen molar-refractivity contribution in [2.75, 3.05) is 42.7 Å². The van der Waals surface area contributed by atoms with Crippen molar-refractivity contribution in [3.63, 3.8) is 0 Å². The zero-order valence-electron chi connectivity index (χ0n) is 20.7. The maximum absolute atomic E-state index is 12.7. The average molecular weight is 510 g/mol. The summed E-state index contributed by atoms with van der Waals surface area (Å²) in [5, 5.41) is 2.92. The van der Waals surface area contributed by atoms with Crippen LogP contribution in [0.25, 0.3) is 0 Å². The van der Waals surface area contributed by atoms with Gasteiger partial charge >= 0.3 is 0 Å². The number of sulfone groups is 1. The van der Waals surface area contributed by atoms with Gasteiger partial charge < -0.3 is 15.0 Å². The molecule has 4 rings (SSSR count). The van der Waals surface area contributed by atoms with Crippen LogP contribution in [0.15, 0.2) is 66.0 Å². The van der Waals surface area contributed by atoms with Crippen LogP contribution in [0.3, 0.4) is 0 Å². The van der Waals surface area contributed by atoms with Crippen LogP contribution in [0.2, 0.25) is 0 Å². The zero-order valence-corrected chi connectivity index (χ0v) is 21.5. The lowest BCUT2D eigenvalue weighted by Gasteiger charge is -2.36. The predicted octanol–water partition coefficient (Wildman–Crippen LogP) is 3.24. The molecule has 1 aliphatic heterocycles. The number of nitrogens with zero attached hydrogens (tertiary/aromatic N) is 4. The Bertz CT molecular complexity index is 1290. The lowest BCUT2D eigenvalue weighted by molar-refractivity contribution is 0.102. The Morgan fingerprint density at radius 3 is 2.39 bits per heavy atom. The lowest BCUT2D eigenvalue weighted by atomic mass is 10.1. The molecule has 190 valence electrons. The minimum Gasteiger partial charge on any atom is -0.489 e. The van der Waals surface area contributed by atoms with Crippen LogP contribution in [-0.2, 0) is 16.4 Å². The molecule has 1 fully saturated rings. The van der Waals surface area contributed by atoms with E-state index in [0.717, 1.165) is 44.0 Å². The molecule has 9 nitrogen and oxygen atoms in total. The van der Waals surface area contributed by atoms with Crippen molar-refractivity contribution in [1.29, 1.82) is 0 Å². The maximum Gasteiger partial charge on any atom is 0.275 e. The second kappa shape index (κ2) is 11.0. The molecule has 3 aromatic rings. The third kappa shape index (κ3) is 6.58. The first-order valence-electron chi connectivity index (χ1n) is 11.8. The topological polar surface area (TPSA) is 105 Å². The van der Waals surface area contributed by atoms with Gasteiger partial charge in [-0.1, -0.05) is 12.1 Å². The lowest BCUT2D eigenvalue weighted by Crippen LogP contribution is -2.46. The first-order valence-corrected chi connectivity index (χ1v) is 13.7. The molecule has 1 amide bonds. The molecule has 2 heterocycles. The number of carbonyl (C=O) groups is 1. The van der Waals surface area contributed by atoms with Gasteiger partial charge in [0.15, 0.2) is 9.84 Å². The number of amides is 1. The highest BCUT2D eigenvalue weighted by atomic mass is 32.2. The van der Waals surface area contributed by atoms with Crippen LogP contribution < -0.4 is 15.0 Å². The molecule has 2 aromatic carbocycles. The Morgan fingerprint density at radius 1 is 1.06 bits per heavy atom. The molecule has 10 heteroatoms. The van der Waals surface area contributed by atoms with Gasteiger partial charge in [-0.3, -0.25) is 14.7 Å². The van der Waals surface area contributed by atoms with Crippen molar-refractivity contribution >= 4 is 27.1 Å². The van der Waals surface area contributed by atoms with Crippen LogP contribution >= 0.6 is 0 Å². The second-order valence-electron chi connectivity index (χ2n) is 9.07. The zero-order chi connectivity index (χ0) is 25.7. The normalized spacial score (nSPS) is 14.6. The van der Waals surface area contributed by atoms with Crippen LogP contribution in [0.5, 0.6) is 5.75 Å². The Labute approximate surface area is 212 Å². The van der Waals surface area contributed by atoms with E-state index in [9.17, 15) is 13.2 Å². The van der Waals surface area contributed by atoms with Crippen LogP contribution in [-0.4, -0.2) is 67.7 Å². The van der Waals surface area contributed by atoms with Crippen LogP contribution in [0.1, 0.15) is 29.9 Å². The number of hydrogen-bond donors (Lipinski definition) is 1. The highest BCUT2D eigenvalue weighted by Gasteiger charge is 2.20. The van der Waals surface area contributed by atoms with Crippen molar-refractivity contribution in [1.82, 2.24) is 14.9 Å². The summed E-state index contributed by atoms with van der Waals surface area (Å²) in [5.74, 6) is 0.253. The van der Waals surface area contributed by atoms with Crippen molar-refractivity contribution in [2.45, 2.75) is 31.4 Å². The molecule has 0 unspecified atom stereocenters. The van der Waals surface area contributed by atoms with E-state index in [4.69, 9.17) is 4.74 Å². The third-order valence-electron chi connectivity index (χ3n) is 5.86. The fourth-order valence-corrected chi connectivity index (χ4v) is 4.67. The summed E-state index contributed by atoms with van der Waals surface area (Å²) in [4.78, 5) is 25.7. The van der Waals surface area contributed by atoms with Gasteiger partial charge in [-0.25, -0.2) is 13.4 Å². The van der Waals surface area contributed by atoms with E-state index in [0.29, 0.717) is 16.3 Å². The standard InChI is InChI=1S/C26H31N5O4S/c1-19(2)35-25-9-6-21(16-23(25)29-26(32)24-17-27-10-11-28-24)31-14-12-30(13-15-31)18-20-4-7-22(8-5-20)36(3,33)34/h4-11,16-17,19H,12-15,18H2,1-3H3,(H,29,32). The Kier molecular flexibility index (Phi) is 7.85. The summed E-state index contributed by atoms with van der Waals surface area (Å²) in [6, 6.07) is 12.9. The molecule has 1 aliphatic rings. The summed E-state index contributed by atoms with van der Waals surface area (Å²) in [6.45, 7) is 8.01. The molecule has 0 atom stereocenters. The van der Waals surface area contributed by atoms with E-state index in [1.807, 2.05) is 44.2 Å². The molecule has 1 saturated heterocycles. The Balaban J connectivity index is 1.42. The Morgan fingerprint density at radius 2 is 1.78 bits per heavy atom. The maximum atomic E-state index is 12.7. The first kappa shape index (κ1) is 25.6. The van der Waals surface area contributed by atoms with Gasteiger partial charge in [0.25, 0.3) is 5.91 Å². The molecule has 0 bridgehead atoms. The molecular weight excluding hydrogens is 478 g/mol. The number of carbonyl (C=O) groups excluding carboxylic acids is 1. The predicted molar refractivity (Wildman–Crippen MR) is 139 cm³/mol. The highest BCUT2D eigenvalue weighted by molar-refractivity contribution is 7.90. The molecule has 0 spiro atoms. The van der Waals surface area contributed by atoms with E-state index >= 15 is 0 Å². The third-order valence-corrected chi connectivity index (χ3v) is 6.99. The quantitative estimate of drug-likeness (QED) is 0.494. The minimum atomic E-state index is -3.19. The minimum absolute atomic E-state index is 0.0435. The smallest absolute Gasteiger partial charge is 0.275 e. The summed E-state index contributed by atoms with van der Waals surface area (Å²) in [5.41, 5.74) is 2.90. The number of ether oxygens (including phenoxy) is 1. The molecule has 36 heavy (non-hydrogen) atoms. The van der Waals surface area contributed by atoms with Gasteiger partial charge in [0, 0.05) is 57.1 Å². The van der Waals surface area contributed by atoms with Gasteiger partial charge in [0.05, 0.1) is 22.9 Å². The monoisotopic (exact) mass is 509 g/mol. The number of aromatic nitrogens is 2. The summed E-state index contributed by atoms with van der Waals surface area (Å²) >= 11 is 0. The molecule has 0 aliphatic carbocycles. The van der Waals surface area contributed by atoms with Crippen molar-refractivity contribution in [2.24, 2.45) is 0 Å². The van der Waals surface area contributed by atoms with E-state index in [1.165, 1.54) is 24.8 Å². The number of hydrogen-bond acceptors (Lipinski definition) is 8. The van der Waals surface area contributed by atoms with E-state index in [1.54, 1.807) is 12.1 Å². The number of nitrogens with one attached hydrogen (secondary N) is 1. The van der Waals surface area contributed by atoms with Gasteiger partial charge in [0.1, 0.15) is 11.4 Å². The van der Waals surface area contributed by atoms with Crippen molar-refractivity contribution in [3.8, 4) is 5.75 Å². The highest BCUT2D eigenvalue weighted by Crippen LogP contribution is 2.31. The van der Waals surface area contributed by atoms with E-state index < -0.39 is 9.84 Å². The molecule has 0 radical (unpaired) electrons. The summed E-state index contributed by atoms with van der Waals surface area (Å²) in [7, 11) is -3.19. The largest absolute Gasteiger partial charge is 0.489 e. The SMILES string of the molecule is CC(C)Oc1ccc(N2CCN(Cc3ccc(S(C)(=O)=O)cc3)CC2)cc1NC(=O)c1cnccn1. The van der Waals surface area contributed by atoms with Gasteiger partial charge in [-0.05, 0) is 49.7 Å². The number of anilines is 2. The average Bonchev–Trinajstić information content (AvgIpc) is 2.85. The van der Waals surface area contributed by atoms with Gasteiger partial charge in [-0.2, -0.15) is 0 Å². The second-order valence-corrected chi connectivity index (χ2v) is 11.1. The van der Waals surface area contributed by atoms with Crippen LogP contribution in [0.4, 0.5) is 11.4 Å². The van der Waals surface area contributed by atoms with E-state index in [-0.39, 0.29) is 17.7 Å². The van der Waals surface area contributed by atoms with Gasteiger partial charge in [0.2, 0.25) is 0 Å². The molecule has 1 N–H and O–H groups in total. The van der Waals surface area contributed by atoms with E-state index in [2.05, 4.69) is 25.1 Å². The molecule has 0 saturated carbocycles. The Hall–Kier alpha value is -3.50. The summed E-state index contributed by atoms with van der Waals surface area (Å²) < 4.78 is 29.3.